The third kappa shape index (κ3) is 3.40. The van der Waals surface area contributed by atoms with Crippen molar-refractivity contribution in [3.05, 3.63) is 73.9 Å². The number of halogens is 2. The molecule has 2 heterocycles. The molecule has 2 aromatic carbocycles. The number of hydrogen-bond donors (Lipinski definition) is 2. The first kappa shape index (κ1) is 19.6. The molecule has 2 aliphatic rings. The summed E-state index contributed by atoms with van der Waals surface area (Å²) in [6.07, 6.45) is 1.40. The summed E-state index contributed by atoms with van der Waals surface area (Å²) < 4.78 is 0. The molecule has 2 aromatic rings. The summed E-state index contributed by atoms with van der Waals surface area (Å²) in [5, 5.41) is 1.93. The van der Waals surface area contributed by atoms with Gasteiger partial charge in [0, 0.05) is 12.2 Å². The molecule has 2 unspecified atom stereocenters. The highest BCUT2D eigenvalue weighted by Crippen LogP contribution is 2.44. The number of para-hydroxylation sites is 1. The number of rotatable bonds is 3. The molecule has 0 saturated carbocycles. The SMILES string of the molecule is Cc1cccc(C)c1N1C2=C(N=CN(Cc3ccc(Cl)c(Cl)c3)C2N)SC1N. The molecule has 2 atom stereocenters. The van der Waals surface area contributed by atoms with Gasteiger partial charge in [-0.3, -0.25) is 0 Å². The van der Waals surface area contributed by atoms with E-state index >= 15 is 0 Å². The molecular formula is C20H21Cl2N5S. The number of nitrogens with two attached hydrogens (primary N) is 2. The second-order valence-electron chi connectivity index (χ2n) is 6.92. The van der Waals surface area contributed by atoms with Crippen molar-refractivity contribution in [2.24, 2.45) is 16.5 Å². The van der Waals surface area contributed by atoms with Crippen molar-refractivity contribution in [3.63, 3.8) is 0 Å². The van der Waals surface area contributed by atoms with Crippen LogP contribution in [0, 0.1) is 13.8 Å². The lowest BCUT2D eigenvalue weighted by Crippen LogP contribution is -2.50. The maximum atomic E-state index is 6.68. The van der Waals surface area contributed by atoms with E-state index in [4.69, 9.17) is 34.7 Å². The number of aliphatic imine (C=N–C) groups is 1. The van der Waals surface area contributed by atoms with Crippen LogP contribution in [0.5, 0.6) is 0 Å². The normalized spacial score (nSPS) is 21.5. The summed E-state index contributed by atoms with van der Waals surface area (Å²) in [5.41, 5.74) is 18.2. The minimum absolute atomic E-state index is 0.266. The van der Waals surface area contributed by atoms with Gasteiger partial charge in [0.05, 0.1) is 22.1 Å². The van der Waals surface area contributed by atoms with E-state index in [0.29, 0.717) is 16.6 Å². The number of nitrogens with zero attached hydrogens (tertiary/aromatic N) is 3. The van der Waals surface area contributed by atoms with E-state index in [9.17, 15) is 0 Å². The fraction of sp³-hybridized carbons (Fsp3) is 0.250. The van der Waals surface area contributed by atoms with E-state index in [-0.39, 0.29) is 11.7 Å². The first-order chi connectivity index (χ1) is 13.4. The summed E-state index contributed by atoms with van der Waals surface area (Å²) in [7, 11) is 0. The Bertz CT molecular complexity index is 970. The van der Waals surface area contributed by atoms with Gasteiger partial charge in [0.1, 0.15) is 16.7 Å². The highest BCUT2D eigenvalue weighted by atomic mass is 35.5. The lowest BCUT2D eigenvalue weighted by Gasteiger charge is -2.37. The van der Waals surface area contributed by atoms with Crippen molar-refractivity contribution in [1.82, 2.24) is 4.90 Å². The first-order valence-electron chi connectivity index (χ1n) is 8.88. The highest BCUT2D eigenvalue weighted by molar-refractivity contribution is 8.04. The number of hydrogen-bond acceptors (Lipinski definition) is 6. The Morgan fingerprint density at radius 3 is 2.46 bits per heavy atom. The zero-order valence-electron chi connectivity index (χ0n) is 15.6. The molecule has 0 fully saturated rings. The average Bonchev–Trinajstić information content (AvgIpc) is 2.97. The smallest absolute Gasteiger partial charge is 0.136 e. The standard InChI is InChI=1S/C20H21Cl2N5S/c1-11-4-3-5-12(2)16(11)27-17-18(23)26(10-25-19(17)28-20(27)24)9-13-6-7-14(21)15(22)8-13/h3-8,10,18,20H,9,23-24H2,1-2H3. The Hall–Kier alpha value is -1.70. The quantitative estimate of drug-likeness (QED) is 0.749. The topological polar surface area (TPSA) is 70.9 Å². The third-order valence-electron chi connectivity index (χ3n) is 4.96. The van der Waals surface area contributed by atoms with E-state index in [0.717, 1.165) is 33.1 Å². The van der Waals surface area contributed by atoms with Crippen LogP contribution in [0.25, 0.3) is 0 Å². The highest BCUT2D eigenvalue weighted by Gasteiger charge is 2.39. The summed E-state index contributed by atoms with van der Waals surface area (Å²) >= 11 is 13.7. The average molecular weight is 434 g/mol. The van der Waals surface area contributed by atoms with Crippen LogP contribution in [0.4, 0.5) is 5.69 Å². The Balaban J connectivity index is 1.66. The molecule has 2 aliphatic heterocycles. The Labute approximate surface area is 179 Å². The summed E-state index contributed by atoms with van der Waals surface area (Å²) in [5.74, 6) is 0. The van der Waals surface area contributed by atoms with Crippen molar-refractivity contribution >= 4 is 47.0 Å². The van der Waals surface area contributed by atoms with Crippen LogP contribution in [-0.4, -0.2) is 22.9 Å². The van der Waals surface area contributed by atoms with Crippen LogP contribution in [0.3, 0.4) is 0 Å². The van der Waals surface area contributed by atoms with Crippen molar-refractivity contribution < 1.29 is 0 Å². The maximum Gasteiger partial charge on any atom is 0.136 e. The number of thioether (sulfide) groups is 1. The van der Waals surface area contributed by atoms with Crippen LogP contribution in [-0.2, 0) is 6.54 Å². The second-order valence-corrected chi connectivity index (χ2v) is 8.84. The molecular weight excluding hydrogens is 413 g/mol. The molecule has 8 heteroatoms. The number of benzene rings is 2. The Morgan fingerprint density at radius 2 is 1.79 bits per heavy atom. The molecule has 0 saturated heterocycles. The number of anilines is 1. The van der Waals surface area contributed by atoms with Gasteiger partial charge in [-0.2, -0.15) is 0 Å². The fourth-order valence-corrected chi connectivity index (χ4v) is 4.93. The molecule has 0 aliphatic carbocycles. The van der Waals surface area contributed by atoms with Crippen molar-refractivity contribution in [1.29, 1.82) is 0 Å². The minimum Gasteiger partial charge on any atom is -0.337 e. The van der Waals surface area contributed by atoms with Crippen LogP contribution >= 0.6 is 35.0 Å². The van der Waals surface area contributed by atoms with Gasteiger partial charge < -0.3 is 21.3 Å². The largest absolute Gasteiger partial charge is 0.337 e. The molecule has 5 nitrogen and oxygen atoms in total. The van der Waals surface area contributed by atoms with Crippen molar-refractivity contribution in [2.75, 3.05) is 4.90 Å². The van der Waals surface area contributed by atoms with Crippen molar-refractivity contribution in [2.45, 2.75) is 32.1 Å². The number of aryl methyl sites for hydroxylation is 2. The zero-order chi connectivity index (χ0) is 20.0. The Morgan fingerprint density at radius 1 is 1.07 bits per heavy atom. The zero-order valence-corrected chi connectivity index (χ0v) is 17.9. The summed E-state index contributed by atoms with van der Waals surface area (Å²) in [6.45, 7) is 4.74. The van der Waals surface area contributed by atoms with E-state index in [2.05, 4.69) is 35.9 Å². The Kier molecular flexibility index (Phi) is 5.33. The fourth-order valence-electron chi connectivity index (χ4n) is 3.61. The van der Waals surface area contributed by atoms with Gasteiger partial charge in [-0.05, 0) is 42.7 Å². The molecule has 0 bridgehead atoms. The van der Waals surface area contributed by atoms with Crippen LogP contribution in [0.1, 0.15) is 16.7 Å². The van der Waals surface area contributed by atoms with Crippen molar-refractivity contribution in [3.8, 4) is 0 Å². The molecule has 0 radical (unpaired) electrons. The van der Waals surface area contributed by atoms with Gasteiger partial charge in [-0.15, -0.1) is 0 Å². The second kappa shape index (κ2) is 7.61. The van der Waals surface area contributed by atoms with E-state index < -0.39 is 0 Å². The van der Waals surface area contributed by atoms with Crippen LogP contribution in [0.2, 0.25) is 10.0 Å². The predicted molar refractivity (Wildman–Crippen MR) is 119 cm³/mol. The van der Waals surface area contributed by atoms with Gasteiger partial charge in [0.2, 0.25) is 0 Å². The van der Waals surface area contributed by atoms with Crippen LogP contribution in [0.15, 0.2) is 52.1 Å². The van der Waals surface area contributed by atoms with Crippen LogP contribution < -0.4 is 16.4 Å². The van der Waals surface area contributed by atoms with Gasteiger partial charge in [0.25, 0.3) is 0 Å². The van der Waals surface area contributed by atoms with Gasteiger partial charge in [-0.1, -0.05) is 59.2 Å². The summed E-state index contributed by atoms with van der Waals surface area (Å²) in [4.78, 5) is 8.73. The minimum atomic E-state index is -0.373. The predicted octanol–water partition coefficient (Wildman–Crippen LogP) is 4.40. The van der Waals surface area contributed by atoms with Gasteiger partial charge in [-0.25, -0.2) is 4.99 Å². The van der Waals surface area contributed by atoms with E-state index in [1.807, 2.05) is 23.1 Å². The maximum absolute atomic E-state index is 6.68. The molecule has 0 amide bonds. The monoisotopic (exact) mass is 433 g/mol. The van der Waals surface area contributed by atoms with Gasteiger partial charge >= 0.3 is 0 Å². The molecule has 146 valence electrons. The lowest BCUT2D eigenvalue weighted by molar-refractivity contribution is 0.344. The molecule has 4 rings (SSSR count). The molecule has 0 aromatic heterocycles. The first-order valence-corrected chi connectivity index (χ1v) is 10.5. The third-order valence-corrected chi connectivity index (χ3v) is 6.68. The molecule has 0 spiro atoms. The van der Waals surface area contributed by atoms with Gasteiger partial charge in [0.15, 0.2) is 0 Å². The molecule has 28 heavy (non-hydrogen) atoms. The molecule has 4 N–H and O–H groups in total. The lowest BCUT2D eigenvalue weighted by atomic mass is 10.1. The van der Waals surface area contributed by atoms with E-state index in [1.54, 1.807) is 12.4 Å². The van der Waals surface area contributed by atoms with E-state index in [1.165, 1.54) is 11.8 Å². The summed E-state index contributed by atoms with van der Waals surface area (Å²) in [6, 6.07) is 11.8.